The van der Waals surface area contributed by atoms with Gasteiger partial charge in [0.15, 0.2) is 0 Å². The van der Waals surface area contributed by atoms with Crippen molar-refractivity contribution in [2.45, 2.75) is 12.5 Å². The number of carbonyl (C=O) groups is 1. The summed E-state index contributed by atoms with van der Waals surface area (Å²) < 4.78 is 0. The third-order valence-electron chi connectivity index (χ3n) is 2.09. The van der Waals surface area contributed by atoms with Gasteiger partial charge in [-0.1, -0.05) is 0 Å². The lowest BCUT2D eigenvalue weighted by Crippen LogP contribution is -2.33. The molecule has 1 rings (SSSR count). The van der Waals surface area contributed by atoms with Crippen molar-refractivity contribution >= 4 is 5.91 Å². The Balaban J connectivity index is 2.22. The second-order valence-corrected chi connectivity index (χ2v) is 3.13. The van der Waals surface area contributed by atoms with Gasteiger partial charge in [0.1, 0.15) is 0 Å². The molecular weight excluding hydrogens is 144 g/mol. The standard InChI is InChI=1S/C7H14N2O2/c1-9(3-7(8)11)6-2-5(6)4-10/h5-6,10H,2-4H2,1H3,(H2,8,11). The Morgan fingerprint density at radius 1 is 1.82 bits per heavy atom. The summed E-state index contributed by atoms with van der Waals surface area (Å²) in [5.74, 6) is 0.0513. The van der Waals surface area contributed by atoms with E-state index in [0.717, 1.165) is 6.42 Å². The van der Waals surface area contributed by atoms with Crippen LogP contribution in [0, 0.1) is 5.92 Å². The molecule has 0 saturated heterocycles. The van der Waals surface area contributed by atoms with E-state index in [2.05, 4.69) is 0 Å². The quantitative estimate of drug-likeness (QED) is 0.539. The first-order chi connectivity index (χ1) is 5.15. The fourth-order valence-corrected chi connectivity index (χ4v) is 1.33. The van der Waals surface area contributed by atoms with Crippen molar-refractivity contribution in [2.24, 2.45) is 11.7 Å². The zero-order chi connectivity index (χ0) is 8.43. The smallest absolute Gasteiger partial charge is 0.231 e. The third-order valence-corrected chi connectivity index (χ3v) is 2.09. The Bertz CT molecular complexity index is 161. The van der Waals surface area contributed by atoms with Crippen molar-refractivity contribution in [3.05, 3.63) is 0 Å². The Hall–Kier alpha value is -0.610. The number of aliphatic hydroxyl groups is 1. The fourth-order valence-electron chi connectivity index (χ4n) is 1.33. The highest BCUT2D eigenvalue weighted by molar-refractivity contribution is 5.75. The van der Waals surface area contributed by atoms with Gasteiger partial charge in [-0.2, -0.15) is 0 Å². The highest BCUT2D eigenvalue weighted by Crippen LogP contribution is 2.33. The van der Waals surface area contributed by atoms with Gasteiger partial charge >= 0.3 is 0 Å². The molecule has 0 aromatic carbocycles. The molecule has 1 amide bonds. The molecule has 0 radical (unpaired) electrons. The molecule has 0 aromatic heterocycles. The largest absolute Gasteiger partial charge is 0.396 e. The fraction of sp³-hybridized carbons (Fsp3) is 0.857. The minimum atomic E-state index is -0.309. The lowest BCUT2D eigenvalue weighted by atomic mass is 10.4. The summed E-state index contributed by atoms with van der Waals surface area (Å²) in [5.41, 5.74) is 5.00. The van der Waals surface area contributed by atoms with Gasteiger partial charge in [-0.05, 0) is 19.4 Å². The van der Waals surface area contributed by atoms with Gasteiger partial charge < -0.3 is 10.8 Å². The number of carbonyl (C=O) groups excluding carboxylic acids is 1. The lowest BCUT2D eigenvalue weighted by Gasteiger charge is -2.13. The minimum absolute atomic E-state index is 0.216. The Morgan fingerprint density at radius 2 is 2.45 bits per heavy atom. The van der Waals surface area contributed by atoms with Crippen molar-refractivity contribution in [3.63, 3.8) is 0 Å². The average Bonchev–Trinajstić information content (AvgIpc) is 2.63. The van der Waals surface area contributed by atoms with E-state index in [4.69, 9.17) is 10.8 Å². The van der Waals surface area contributed by atoms with Gasteiger partial charge in [-0.15, -0.1) is 0 Å². The number of likely N-dealkylation sites (N-methyl/N-ethyl adjacent to an activating group) is 1. The van der Waals surface area contributed by atoms with Crippen LogP contribution in [0.4, 0.5) is 0 Å². The van der Waals surface area contributed by atoms with Crippen LogP contribution in [0.1, 0.15) is 6.42 Å². The summed E-state index contributed by atoms with van der Waals surface area (Å²) in [6.07, 6.45) is 0.986. The van der Waals surface area contributed by atoms with Crippen molar-refractivity contribution in [3.8, 4) is 0 Å². The molecule has 64 valence electrons. The molecule has 4 heteroatoms. The van der Waals surface area contributed by atoms with E-state index in [1.807, 2.05) is 11.9 Å². The van der Waals surface area contributed by atoms with E-state index in [0.29, 0.717) is 18.5 Å². The van der Waals surface area contributed by atoms with E-state index >= 15 is 0 Å². The van der Waals surface area contributed by atoms with Crippen molar-refractivity contribution < 1.29 is 9.90 Å². The third kappa shape index (κ3) is 2.17. The number of nitrogens with zero attached hydrogens (tertiary/aromatic N) is 1. The maximum Gasteiger partial charge on any atom is 0.231 e. The van der Waals surface area contributed by atoms with E-state index in [1.165, 1.54) is 0 Å². The maximum absolute atomic E-state index is 10.5. The van der Waals surface area contributed by atoms with Crippen LogP contribution < -0.4 is 5.73 Å². The van der Waals surface area contributed by atoms with E-state index in [1.54, 1.807) is 0 Å². The highest BCUT2D eigenvalue weighted by Gasteiger charge is 2.39. The molecule has 1 aliphatic carbocycles. The second-order valence-electron chi connectivity index (χ2n) is 3.13. The van der Waals surface area contributed by atoms with E-state index in [-0.39, 0.29) is 12.5 Å². The monoisotopic (exact) mass is 158 g/mol. The summed E-state index contributed by atoms with van der Waals surface area (Å²) in [5, 5.41) is 8.72. The molecule has 1 saturated carbocycles. The van der Waals surface area contributed by atoms with E-state index in [9.17, 15) is 4.79 Å². The molecule has 0 heterocycles. The molecule has 0 aromatic rings. The van der Waals surface area contributed by atoms with Crippen molar-refractivity contribution in [2.75, 3.05) is 20.2 Å². The molecule has 2 atom stereocenters. The number of hydrogen-bond donors (Lipinski definition) is 2. The van der Waals surface area contributed by atoms with Gasteiger partial charge in [0, 0.05) is 12.6 Å². The van der Waals surface area contributed by atoms with Crippen LogP contribution in [0.3, 0.4) is 0 Å². The Morgan fingerprint density at radius 3 is 2.82 bits per heavy atom. The van der Waals surface area contributed by atoms with Gasteiger partial charge in [-0.3, -0.25) is 9.69 Å². The van der Waals surface area contributed by atoms with Crippen molar-refractivity contribution in [1.82, 2.24) is 4.90 Å². The predicted molar refractivity (Wildman–Crippen MR) is 40.8 cm³/mol. The SMILES string of the molecule is CN(CC(N)=O)C1CC1CO. The first-order valence-corrected chi connectivity index (χ1v) is 3.74. The van der Waals surface area contributed by atoms with Crippen LogP contribution in [0.25, 0.3) is 0 Å². The zero-order valence-corrected chi connectivity index (χ0v) is 6.66. The first-order valence-electron chi connectivity index (χ1n) is 3.74. The maximum atomic E-state index is 10.5. The molecule has 1 aliphatic rings. The Labute approximate surface area is 66.0 Å². The molecule has 0 spiro atoms. The van der Waals surface area contributed by atoms with Crippen LogP contribution >= 0.6 is 0 Å². The number of primary amides is 1. The molecule has 0 aliphatic heterocycles. The number of hydrogen-bond acceptors (Lipinski definition) is 3. The van der Waals surface area contributed by atoms with Gasteiger partial charge in [-0.25, -0.2) is 0 Å². The predicted octanol–water partition coefficient (Wildman–Crippen LogP) is -1.22. The zero-order valence-electron chi connectivity index (χ0n) is 6.66. The van der Waals surface area contributed by atoms with Crippen molar-refractivity contribution in [1.29, 1.82) is 0 Å². The van der Waals surface area contributed by atoms with Crippen LogP contribution in [0.2, 0.25) is 0 Å². The Kier molecular flexibility index (Phi) is 2.46. The van der Waals surface area contributed by atoms with Gasteiger partial charge in [0.05, 0.1) is 6.54 Å². The van der Waals surface area contributed by atoms with Gasteiger partial charge in [0.2, 0.25) is 5.91 Å². The summed E-state index contributed by atoms with van der Waals surface area (Å²) in [4.78, 5) is 12.3. The number of amides is 1. The topological polar surface area (TPSA) is 66.6 Å². The molecule has 1 fully saturated rings. The molecule has 0 bridgehead atoms. The summed E-state index contributed by atoms with van der Waals surface area (Å²) in [6, 6.07) is 0.368. The second kappa shape index (κ2) is 3.19. The van der Waals surface area contributed by atoms with E-state index < -0.39 is 0 Å². The highest BCUT2D eigenvalue weighted by atomic mass is 16.3. The van der Waals surface area contributed by atoms with Crippen LogP contribution in [0.15, 0.2) is 0 Å². The number of aliphatic hydroxyl groups excluding tert-OH is 1. The van der Waals surface area contributed by atoms with Gasteiger partial charge in [0.25, 0.3) is 0 Å². The minimum Gasteiger partial charge on any atom is -0.396 e. The molecule has 11 heavy (non-hydrogen) atoms. The normalized spacial score (nSPS) is 29.0. The average molecular weight is 158 g/mol. The van der Waals surface area contributed by atoms with Crippen LogP contribution in [-0.2, 0) is 4.79 Å². The first kappa shape index (κ1) is 8.49. The number of nitrogens with two attached hydrogens (primary N) is 1. The number of rotatable bonds is 4. The molecule has 3 N–H and O–H groups in total. The summed E-state index contributed by atoms with van der Waals surface area (Å²) in [7, 11) is 1.85. The molecular formula is C7H14N2O2. The lowest BCUT2D eigenvalue weighted by molar-refractivity contribution is -0.119. The van der Waals surface area contributed by atoms with Crippen LogP contribution in [0.5, 0.6) is 0 Å². The van der Waals surface area contributed by atoms with Crippen LogP contribution in [-0.4, -0.2) is 42.2 Å². The molecule has 2 unspecified atom stereocenters. The summed E-state index contributed by atoms with van der Waals surface area (Å²) in [6.45, 7) is 0.509. The summed E-state index contributed by atoms with van der Waals surface area (Å²) >= 11 is 0. The molecule has 4 nitrogen and oxygen atoms in total.